The Hall–Kier alpha value is -1.17. The van der Waals surface area contributed by atoms with Crippen molar-refractivity contribution in [2.45, 2.75) is 199 Å². The highest BCUT2D eigenvalue weighted by molar-refractivity contribution is 5.80. The van der Waals surface area contributed by atoms with Crippen LogP contribution in [0.15, 0.2) is 24.3 Å². The zero-order valence-corrected chi connectivity index (χ0v) is 27.9. The van der Waals surface area contributed by atoms with Gasteiger partial charge in [-0.25, -0.2) is 0 Å². The van der Waals surface area contributed by atoms with Crippen LogP contribution in [0.3, 0.4) is 0 Å². The number of amides is 1. The Labute approximate surface area is 261 Å². The van der Waals surface area contributed by atoms with E-state index in [2.05, 4.69) is 31.3 Å². The van der Waals surface area contributed by atoms with Gasteiger partial charge in [-0.3, -0.25) is 4.79 Å². The van der Waals surface area contributed by atoms with E-state index in [0.29, 0.717) is 6.42 Å². The highest BCUT2D eigenvalue weighted by atomic mass is 16.3. The molecule has 5 heteroatoms. The summed E-state index contributed by atoms with van der Waals surface area (Å²) in [6.07, 6.45) is 37.6. The van der Waals surface area contributed by atoms with Crippen molar-refractivity contribution in [3.63, 3.8) is 0 Å². The molecule has 248 valence electrons. The second-order valence-electron chi connectivity index (χ2n) is 12.4. The van der Waals surface area contributed by atoms with E-state index < -0.39 is 24.2 Å². The summed E-state index contributed by atoms with van der Waals surface area (Å²) in [5, 5.41) is 32.9. The van der Waals surface area contributed by atoms with Crippen LogP contribution < -0.4 is 5.32 Å². The van der Waals surface area contributed by atoms with Gasteiger partial charge in [0, 0.05) is 0 Å². The predicted molar refractivity (Wildman–Crippen MR) is 181 cm³/mol. The number of carbonyl (C=O) groups is 1. The molecule has 5 nitrogen and oxygen atoms in total. The maximum absolute atomic E-state index is 12.4. The van der Waals surface area contributed by atoms with E-state index in [0.717, 1.165) is 38.5 Å². The lowest BCUT2D eigenvalue weighted by Gasteiger charge is -2.21. The molecule has 0 saturated heterocycles. The first-order chi connectivity index (χ1) is 20.6. The Kier molecular flexibility index (Phi) is 31.8. The van der Waals surface area contributed by atoms with Gasteiger partial charge in [0.15, 0.2) is 0 Å². The van der Waals surface area contributed by atoms with Crippen LogP contribution in [-0.2, 0) is 4.79 Å². The second-order valence-corrected chi connectivity index (χ2v) is 12.4. The van der Waals surface area contributed by atoms with Gasteiger partial charge in [0.2, 0.25) is 5.91 Å². The molecule has 0 aliphatic carbocycles. The number of aliphatic hydroxyl groups is 3. The van der Waals surface area contributed by atoms with Gasteiger partial charge in [-0.2, -0.15) is 0 Å². The third kappa shape index (κ3) is 27.7. The van der Waals surface area contributed by atoms with E-state index in [1.54, 1.807) is 6.08 Å². The summed E-state index contributed by atoms with van der Waals surface area (Å²) in [6, 6.07) is -0.808. The van der Waals surface area contributed by atoms with Crippen molar-refractivity contribution in [1.29, 1.82) is 0 Å². The molecule has 1 amide bonds. The summed E-state index contributed by atoms with van der Waals surface area (Å²) in [4.78, 5) is 12.4. The summed E-state index contributed by atoms with van der Waals surface area (Å²) < 4.78 is 0. The fourth-order valence-electron chi connectivity index (χ4n) is 5.38. The van der Waals surface area contributed by atoms with E-state index >= 15 is 0 Å². The zero-order valence-electron chi connectivity index (χ0n) is 27.9. The lowest BCUT2D eigenvalue weighted by Crippen LogP contribution is -2.48. The maximum Gasteiger partial charge on any atom is 0.249 e. The van der Waals surface area contributed by atoms with Crippen LogP contribution in [0.25, 0.3) is 0 Å². The highest BCUT2D eigenvalue weighted by Crippen LogP contribution is 2.14. The minimum atomic E-state index is -1.10. The van der Waals surface area contributed by atoms with Gasteiger partial charge >= 0.3 is 0 Å². The lowest BCUT2D eigenvalue weighted by atomic mass is 10.0. The van der Waals surface area contributed by atoms with Crippen LogP contribution in [0.1, 0.15) is 181 Å². The molecule has 3 atom stereocenters. The highest BCUT2D eigenvalue weighted by Gasteiger charge is 2.22. The average Bonchev–Trinajstić information content (AvgIpc) is 2.99. The third-order valence-electron chi connectivity index (χ3n) is 8.29. The lowest BCUT2D eigenvalue weighted by molar-refractivity contribution is -0.131. The molecule has 0 spiro atoms. The number of aliphatic hydroxyl groups excluding tert-OH is 3. The minimum Gasteiger partial charge on any atom is -0.394 e. The van der Waals surface area contributed by atoms with Crippen molar-refractivity contribution in [3.8, 4) is 0 Å². The van der Waals surface area contributed by atoms with E-state index in [1.807, 2.05) is 6.08 Å². The quantitative estimate of drug-likeness (QED) is 0.0462. The van der Waals surface area contributed by atoms with Crippen molar-refractivity contribution in [2.75, 3.05) is 6.61 Å². The SMILES string of the molecule is CCCCCCCCCCCC/C=C/CC/C=C/C(O)C(CO)NC(=O)C(O)CCCCCCCCCCCCCC. The normalized spacial score (nSPS) is 14.1. The van der Waals surface area contributed by atoms with Gasteiger partial charge in [-0.1, -0.05) is 173 Å². The second kappa shape index (κ2) is 32.7. The van der Waals surface area contributed by atoms with Gasteiger partial charge in [0.25, 0.3) is 0 Å². The van der Waals surface area contributed by atoms with Crippen molar-refractivity contribution >= 4 is 5.91 Å². The molecule has 0 rings (SSSR count). The molecule has 4 N–H and O–H groups in total. The maximum atomic E-state index is 12.4. The molecule has 0 aliphatic heterocycles. The van der Waals surface area contributed by atoms with Gasteiger partial charge in [0.05, 0.1) is 18.8 Å². The number of allylic oxidation sites excluding steroid dienone is 3. The molecule has 0 saturated carbocycles. The first-order valence-corrected chi connectivity index (χ1v) is 18.2. The van der Waals surface area contributed by atoms with Crippen molar-refractivity contribution in [3.05, 3.63) is 24.3 Å². The summed E-state index contributed by atoms with van der Waals surface area (Å²) in [5.41, 5.74) is 0. The molecule has 0 aromatic heterocycles. The standard InChI is InChI=1S/C37H71NO4/c1-3-5-7-9-11-13-15-17-18-19-20-22-23-25-27-29-31-35(40)34(33-39)38-37(42)36(41)32-30-28-26-24-21-16-14-12-10-8-6-4-2/h22-23,29,31,34-36,39-41H,3-21,24-28,30,32-33H2,1-2H3,(H,38,42)/b23-22+,31-29+. The first-order valence-electron chi connectivity index (χ1n) is 18.2. The number of carbonyl (C=O) groups excluding carboxylic acids is 1. The van der Waals surface area contributed by atoms with Crippen molar-refractivity contribution in [1.82, 2.24) is 5.32 Å². The Morgan fingerprint density at radius 3 is 1.45 bits per heavy atom. The molecule has 3 unspecified atom stereocenters. The fourth-order valence-corrected chi connectivity index (χ4v) is 5.38. The number of hydrogen-bond acceptors (Lipinski definition) is 4. The number of rotatable bonds is 32. The summed E-state index contributed by atoms with van der Waals surface area (Å²) in [5.74, 6) is -0.514. The number of nitrogens with one attached hydrogen (secondary N) is 1. The Morgan fingerprint density at radius 1 is 0.571 bits per heavy atom. The van der Waals surface area contributed by atoms with Crippen LogP contribution in [0.5, 0.6) is 0 Å². The van der Waals surface area contributed by atoms with Gasteiger partial charge < -0.3 is 20.6 Å². The topological polar surface area (TPSA) is 89.8 Å². The van der Waals surface area contributed by atoms with Crippen LogP contribution in [0.2, 0.25) is 0 Å². The largest absolute Gasteiger partial charge is 0.394 e. The van der Waals surface area contributed by atoms with Crippen LogP contribution in [0, 0.1) is 0 Å². The minimum absolute atomic E-state index is 0.374. The van der Waals surface area contributed by atoms with E-state index in [9.17, 15) is 20.1 Å². The van der Waals surface area contributed by atoms with Gasteiger partial charge in [-0.05, 0) is 32.1 Å². The average molecular weight is 594 g/mol. The monoisotopic (exact) mass is 594 g/mol. The molecular formula is C37H71NO4. The van der Waals surface area contributed by atoms with Gasteiger partial charge in [0.1, 0.15) is 6.10 Å². The van der Waals surface area contributed by atoms with E-state index in [1.165, 1.54) is 122 Å². The van der Waals surface area contributed by atoms with Crippen LogP contribution in [-0.4, -0.2) is 46.1 Å². The fraction of sp³-hybridized carbons (Fsp3) is 0.865. The number of hydrogen-bond donors (Lipinski definition) is 4. The molecule has 0 radical (unpaired) electrons. The summed E-state index contributed by atoms with van der Waals surface area (Å²) in [7, 11) is 0. The molecule has 0 aromatic carbocycles. The van der Waals surface area contributed by atoms with Crippen molar-refractivity contribution in [2.24, 2.45) is 0 Å². The van der Waals surface area contributed by atoms with Crippen molar-refractivity contribution < 1.29 is 20.1 Å². The Bertz CT molecular complexity index is 621. The molecule has 42 heavy (non-hydrogen) atoms. The molecular weight excluding hydrogens is 522 g/mol. The zero-order chi connectivity index (χ0) is 30.9. The molecule has 0 aromatic rings. The third-order valence-corrected chi connectivity index (χ3v) is 8.29. The predicted octanol–water partition coefficient (Wildman–Crippen LogP) is 9.48. The molecule has 0 fully saturated rings. The summed E-state index contributed by atoms with van der Waals surface area (Å²) >= 11 is 0. The van der Waals surface area contributed by atoms with Crippen LogP contribution >= 0.6 is 0 Å². The summed E-state index contributed by atoms with van der Waals surface area (Å²) in [6.45, 7) is 4.14. The first kappa shape index (κ1) is 40.8. The molecule has 0 aliphatic rings. The molecule has 0 heterocycles. The van der Waals surface area contributed by atoms with E-state index in [-0.39, 0.29) is 6.61 Å². The van der Waals surface area contributed by atoms with Crippen LogP contribution in [0.4, 0.5) is 0 Å². The smallest absolute Gasteiger partial charge is 0.249 e. The Morgan fingerprint density at radius 2 is 0.976 bits per heavy atom. The van der Waals surface area contributed by atoms with E-state index in [4.69, 9.17) is 0 Å². The van der Waals surface area contributed by atoms with Gasteiger partial charge in [-0.15, -0.1) is 0 Å². The number of unbranched alkanes of at least 4 members (excludes halogenated alkanes) is 22. The Balaban J connectivity index is 3.80. The molecule has 0 bridgehead atoms.